The van der Waals surface area contributed by atoms with E-state index in [1.54, 1.807) is 25.1 Å². The van der Waals surface area contributed by atoms with E-state index in [0.29, 0.717) is 16.5 Å². The summed E-state index contributed by atoms with van der Waals surface area (Å²) in [4.78, 5) is 26.1. The number of benzene rings is 1. The van der Waals surface area contributed by atoms with Crippen LogP contribution in [0.2, 0.25) is 5.02 Å². The third-order valence-electron chi connectivity index (χ3n) is 4.64. The molecule has 0 saturated heterocycles. The van der Waals surface area contributed by atoms with Crippen LogP contribution in [0.15, 0.2) is 51.5 Å². The lowest BCUT2D eigenvalue weighted by Crippen LogP contribution is -2.45. The van der Waals surface area contributed by atoms with E-state index < -0.39 is 17.9 Å². The first-order chi connectivity index (χ1) is 13.7. The average Bonchev–Trinajstić information content (AvgIpc) is 3.13. The number of carbonyl (C=O) groups is 2. The number of aliphatic hydroxyl groups excluding tert-OH is 1. The molecule has 1 unspecified atom stereocenters. The quantitative estimate of drug-likeness (QED) is 0.609. The van der Waals surface area contributed by atoms with Gasteiger partial charge in [0.15, 0.2) is 0 Å². The fourth-order valence-corrected chi connectivity index (χ4v) is 3.21. The van der Waals surface area contributed by atoms with Gasteiger partial charge in [0, 0.05) is 16.2 Å². The van der Waals surface area contributed by atoms with Crippen molar-refractivity contribution in [2.24, 2.45) is 0 Å². The zero-order chi connectivity index (χ0) is 21.3. The zero-order valence-electron chi connectivity index (χ0n) is 16.2. The Morgan fingerprint density at radius 3 is 2.59 bits per heavy atom. The number of carbonyl (C=O) groups excluding carboxylic acids is 2. The van der Waals surface area contributed by atoms with Crippen LogP contribution in [0.3, 0.4) is 0 Å². The van der Waals surface area contributed by atoms with Crippen molar-refractivity contribution in [1.82, 2.24) is 4.90 Å². The average molecular weight is 411 g/mol. The maximum atomic E-state index is 12.8. The van der Waals surface area contributed by atoms with Crippen LogP contribution in [0.5, 0.6) is 0 Å². The highest BCUT2D eigenvalue weighted by Gasteiger charge is 2.36. The first kappa shape index (κ1) is 20.6. The highest BCUT2D eigenvalue weighted by molar-refractivity contribution is 6.31. The van der Waals surface area contributed by atoms with Gasteiger partial charge in [-0.2, -0.15) is 5.26 Å². The number of imide groups is 1. The Bertz CT molecular complexity index is 1100. The van der Waals surface area contributed by atoms with Gasteiger partial charge in [-0.05, 0) is 56.2 Å². The normalized spacial score (nSPS) is 17.1. The number of furan rings is 1. The summed E-state index contributed by atoms with van der Waals surface area (Å²) in [6, 6.07) is 10.9. The number of amides is 2. The van der Waals surface area contributed by atoms with Crippen molar-refractivity contribution < 1.29 is 19.1 Å². The maximum Gasteiger partial charge on any atom is 0.271 e. The molecule has 1 atom stereocenters. The molecule has 2 heterocycles. The third kappa shape index (κ3) is 4.02. The van der Waals surface area contributed by atoms with Crippen molar-refractivity contribution in [2.75, 3.05) is 6.54 Å². The minimum Gasteiger partial charge on any atom is -0.457 e. The van der Waals surface area contributed by atoms with Gasteiger partial charge in [-0.1, -0.05) is 23.7 Å². The molecular formula is C22H19ClN2O4. The van der Waals surface area contributed by atoms with Gasteiger partial charge in [0.1, 0.15) is 23.2 Å². The number of β-amino-alcohol motifs (C(OH)–C–C–N with tert-alkyl or cyclic N) is 1. The molecule has 29 heavy (non-hydrogen) atoms. The van der Waals surface area contributed by atoms with Crippen molar-refractivity contribution in [3.05, 3.63) is 63.4 Å². The molecule has 0 bridgehead atoms. The van der Waals surface area contributed by atoms with Crippen LogP contribution in [0, 0.1) is 18.3 Å². The lowest BCUT2D eigenvalue weighted by Gasteiger charge is -2.28. The molecule has 0 spiro atoms. The second-order valence-corrected chi connectivity index (χ2v) is 7.31. The molecule has 0 radical (unpaired) electrons. The van der Waals surface area contributed by atoms with E-state index in [1.165, 1.54) is 13.0 Å². The smallest absolute Gasteiger partial charge is 0.271 e. The van der Waals surface area contributed by atoms with E-state index in [-0.39, 0.29) is 23.3 Å². The molecule has 0 saturated carbocycles. The molecule has 2 aromatic rings. The zero-order valence-corrected chi connectivity index (χ0v) is 16.9. The molecule has 6 nitrogen and oxygen atoms in total. The predicted octanol–water partition coefficient (Wildman–Crippen LogP) is 3.88. The summed E-state index contributed by atoms with van der Waals surface area (Å²) >= 11 is 6.17. The van der Waals surface area contributed by atoms with Crippen LogP contribution in [0.1, 0.15) is 25.2 Å². The summed E-state index contributed by atoms with van der Waals surface area (Å²) in [7, 11) is 0. The van der Waals surface area contributed by atoms with Gasteiger partial charge in [-0.25, -0.2) is 0 Å². The second-order valence-electron chi connectivity index (χ2n) is 6.91. The van der Waals surface area contributed by atoms with E-state index in [1.807, 2.05) is 25.1 Å². The standard InChI is InChI=1S/C22H19ClN2O4/c1-12-4-5-15(8-19(12)23)20-7-6-16(29-20)9-17-14(3)18(10-24)22(28)25(21(17)27)11-13(2)26/h4-9,13,26H,11H2,1-3H3/b17-9+. The molecule has 1 aromatic heterocycles. The Balaban J connectivity index is 2.02. The molecule has 7 heteroatoms. The summed E-state index contributed by atoms with van der Waals surface area (Å²) in [5.41, 5.74) is 2.06. The number of aliphatic hydroxyl groups is 1. The number of halogens is 1. The molecule has 1 aliphatic rings. The van der Waals surface area contributed by atoms with Crippen LogP contribution < -0.4 is 0 Å². The molecule has 1 aliphatic heterocycles. The number of hydrogen-bond donors (Lipinski definition) is 1. The minimum absolute atomic E-state index is 0.131. The van der Waals surface area contributed by atoms with Crippen molar-refractivity contribution in [1.29, 1.82) is 5.26 Å². The third-order valence-corrected chi connectivity index (χ3v) is 5.05. The monoisotopic (exact) mass is 410 g/mol. The van der Waals surface area contributed by atoms with Gasteiger partial charge in [0.2, 0.25) is 0 Å². The summed E-state index contributed by atoms with van der Waals surface area (Å²) < 4.78 is 5.83. The molecule has 2 amide bonds. The van der Waals surface area contributed by atoms with Crippen molar-refractivity contribution in [3.8, 4) is 17.4 Å². The number of nitrogens with zero attached hydrogens (tertiary/aromatic N) is 2. The lowest BCUT2D eigenvalue weighted by molar-refractivity contribution is -0.141. The van der Waals surface area contributed by atoms with Gasteiger partial charge < -0.3 is 9.52 Å². The van der Waals surface area contributed by atoms with Crippen LogP contribution in [-0.2, 0) is 9.59 Å². The summed E-state index contributed by atoms with van der Waals surface area (Å²) in [6.45, 7) is 4.72. The molecule has 3 rings (SSSR count). The lowest BCUT2D eigenvalue weighted by atomic mass is 9.94. The largest absolute Gasteiger partial charge is 0.457 e. The Hall–Kier alpha value is -3.14. The van der Waals surface area contributed by atoms with Gasteiger partial charge >= 0.3 is 0 Å². The fourth-order valence-electron chi connectivity index (χ4n) is 3.03. The van der Waals surface area contributed by atoms with Crippen molar-refractivity contribution >= 4 is 29.5 Å². The van der Waals surface area contributed by atoms with Crippen LogP contribution in [0.4, 0.5) is 0 Å². The first-order valence-electron chi connectivity index (χ1n) is 8.96. The van der Waals surface area contributed by atoms with E-state index in [0.717, 1.165) is 16.0 Å². The van der Waals surface area contributed by atoms with Crippen LogP contribution in [0.25, 0.3) is 17.4 Å². The highest BCUT2D eigenvalue weighted by atomic mass is 35.5. The van der Waals surface area contributed by atoms with E-state index in [2.05, 4.69) is 0 Å². The number of aryl methyl sites for hydroxylation is 1. The Kier molecular flexibility index (Phi) is 5.73. The van der Waals surface area contributed by atoms with E-state index >= 15 is 0 Å². The number of hydrogen-bond acceptors (Lipinski definition) is 5. The highest BCUT2D eigenvalue weighted by Crippen LogP contribution is 2.30. The topological polar surface area (TPSA) is 94.5 Å². The van der Waals surface area contributed by atoms with Gasteiger partial charge in [0.25, 0.3) is 11.8 Å². The number of rotatable bonds is 4. The SMILES string of the molecule is CC1=C(C#N)C(=O)N(CC(C)O)C(=O)/C1=C/c1ccc(-c2ccc(C)c(Cl)c2)o1. The minimum atomic E-state index is -0.913. The van der Waals surface area contributed by atoms with Gasteiger partial charge in [0.05, 0.1) is 12.6 Å². The molecule has 0 aliphatic carbocycles. The Morgan fingerprint density at radius 1 is 1.24 bits per heavy atom. The molecule has 0 fully saturated rings. The summed E-state index contributed by atoms with van der Waals surface area (Å²) in [6.07, 6.45) is 0.583. The van der Waals surface area contributed by atoms with Crippen LogP contribution >= 0.6 is 11.6 Å². The van der Waals surface area contributed by atoms with E-state index in [9.17, 15) is 20.0 Å². The molecule has 1 N–H and O–H groups in total. The van der Waals surface area contributed by atoms with Crippen LogP contribution in [-0.4, -0.2) is 34.5 Å². The van der Waals surface area contributed by atoms with E-state index in [4.69, 9.17) is 16.0 Å². The maximum absolute atomic E-state index is 12.8. The summed E-state index contributed by atoms with van der Waals surface area (Å²) in [5.74, 6) is -0.324. The van der Waals surface area contributed by atoms with Crippen molar-refractivity contribution in [2.45, 2.75) is 26.9 Å². The molecular weight excluding hydrogens is 392 g/mol. The summed E-state index contributed by atoms with van der Waals surface area (Å²) in [5, 5.41) is 19.6. The molecule has 1 aromatic carbocycles. The van der Waals surface area contributed by atoms with Crippen molar-refractivity contribution in [3.63, 3.8) is 0 Å². The predicted molar refractivity (Wildman–Crippen MR) is 109 cm³/mol. The van der Waals surface area contributed by atoms with Gasteiger partial charge in [-0.3, -0.25) is 14.5 Å². The fraction of sp³-hybridized carbons (Fsp3) is 0.227. The number of nitriles is 1. The first-order valence-corrected chi connectivity index (χ1v) is 9.34. The molecule has 148 valence electrons. The van der Waals surface area contributed by atoms with Gasteiger partial charge in [-0.15, -0.1) is 0 Å². The Labute approximate surface area is 173 Å². The Morgan fingerprint density at radius 2 is 1.97 bits per heavy atom. The second kappa shape index (κ2) is 8.08.